The summed E-state index contributed by atoms with van der Waals surface area (Å²) in [6.07, 6.45) is 5.25. The molecule has 0 bridgehead atoms. The van der Waals surface area contributed by atoms with Gasteiger partial charge in [0.1, 0.15) is 18.0 Å². The van der Waals surface area contributed by atoms with Crippen molar-refractivity contribution in [1.29, 1.82) is 0 Å². The molecule has 21 heavy (non-hydrogen) atoms. The lowest BCUT2D eigenvalue weighted by molar-refractivity contribution is 0.586. The first kappa shape index (κ1) is 17.6. The maximum Gasteiger partial charge on any atom is 0.208 e. The Bertz CT molecular complexity index is 533. The third-order valence-electron chi connectivity index (χ3n) is 2.85. The average Bonchev–Trinajstić information content (AvgIpc) is 2.43. The summed E-state index contributed by atoms with van der Waals surface area (Å²) in [5.41, 5.74) is 1.06. The van der Waals surface area contributed by atoms with E-state index in [1.165, 1.54) is 6.33 Å². The summed E-state index contributed by atoms with van der Waals surface area (Å²) < 4.78 is 24.4. The number of sulfonamides is 1. The molecule has 8 heteroatoms. The Morgan fingerprint density at radius 2 is 1.67 bits per heavy atom. The first-order valence-electron chi connectivity index (χ1n) is 7.24. The number of nitrogens with zero attached hydrogens (tertiary/aromatic N) is 2. The van der Waals surface area contributed by atoms with Gasteiger partial charge >= 0.3 is 0 Å². The van der Waals surface area contributed by atoms with E-state index >= 15 is 0 Å². The van der Waals surface area contributed by atoms with Crippen LogP contribution in [0.1, 0.15) is 32.3 Å². The minimum Gasteiger partial charge on any atom is -0.370 e. The summed E-state index contributed by atoms with van der Waals surface area (Å²) in [6, 6.07) is 0. The number of aromatic nitrogens is 2. The van der Waals surface area contributed by atoms with Crippen LogP contribution in [0.15, 0.2) is 6.33 Å². The molecule has 7 nitrogen and oxygen atoms in total. The average molecular weight is 315 g/mol. The van der Waals surface area contributed by atoms with Gasteiger partial charge in [0.2, 0.25) is 10.0 Å². The van der Waals surface area contributed by atoms with Crippen molar-refractivity contribution in [2.75, 3.05) is 36.5 Å². The van der Waals surface area contributed by atoms with Gasteiger partial charge in [0.15, 0.2) is 0 Å². The molecule has 1 aromatic heterocycles. The smallest absolute Gasteiger partial charge is 0.208 e. The molecule has 0 saturated carbocycles. The van der Waals surface area contributed by atoms with Crippen LogP contribution in [-0.4, -0.2) is 44.3 Å². The van der Waals surface area contributed by atoms with Crippen molar-refractivity contribution < 1.29 is 8.42 Å². The summed E-state index contributed by atoms with van der Waals surface area (Å²) >= 11 is 0. The van der Waals surface area contributed by atoms with Gasteiger partial charge in [-0.2, -0.15) is 0 Å². The van der Waals surface area contributed by atoms with E-state index in [0.29, 0.717) is 19.5 Å². The van der Waals surface area contributed by atoms with Crippen LogP contribution in [0.25, 0.3) is 0 Å². The van der Waals surface area contributed by atoms with E-state index in [1.807, 2.05) is 0 Å². The van der Waals surface area contributed by atoms with Crippen LogP contribution in [0.3, 0.4) is 0 Å². The molecule has 1 aromatic rings. The monoisotopic (exact) mass is 315 g/mol. The Labute approximate surface area is 127 Å². The summed E-state index contributed by atoms with van der Waals surface area (Å²) in [6.45, 7) is 6.11. The van der Waals surface area contributed by atoms with Gasteiger partial charge in [-0.25, -0.2) is 23.1 Å². The molecular weight excluding hydrogens is 290 g/mol. The molecule has 0 radical (unpaired) electrons. The van der Waals surface area contributed by atoms with Crippen molar-refractivity contribution in [2.24, 2.45) is 0 Å². The quantitative estimate of drug-likeness (QED) is 0.562. The fourth-order valence-electron chi connectivity index (χ4n) is 1.85. The number of rotatable bonds is 10. The van der Waals surface area contributed by atoms with E-state index in [1.54, 1.807) is 0 Å². The van der Waals surface area contributed by atoms with E-state index in [2.05, 4.69) is 39.2 Å². The van der Waals surface area contributed by atoms with E-state index < -0.39 is 10.0 Å². The molecule has 0 aliphatic rings. The van der Waals surface area contributed by atoms with Crippen LogP contribution >= 0.6 is 0 Å². The van der Waals surface area contributed by atoms with Crippen LogP contribution < -0.4 is 15.4 Å². The SMILES string of the molecule is CCCNc1ncnc(NCCCNS(C)(=O)=O)c1CC. The fraction of sp³-hybridized carbons (Fsp3) is 0.692. The van der Waals surface area contributed by atoms with Crippen LogP contribution in [0, 0.1) is 0 Å². The molecule has 0 spiro atoms. The van der Waals surface area contributed by atoms with Crippen LogP contribution in [0.5, 0.6) is 0 Å². The molecule has 120 valence electrons. The maximum atomic E-state index is 10.9. The van der Waals surface area contributed by atoms with Crippen molar-refractivity contribution >= 4 is 21.7 Å². The van der Waals surface area contributed by atoms with Crippen LogP contribution in [-0.2, 0) is 16.4 Å². The minimum atomic E-state index is -3.11. The number of anilines is 2. The molecule has 3 N–H and O–H groups in total. The van der Waals surface area contributed by atoms with Gasteiger partial charge in [-0.05, 0) is 19.3 Å². The summed E-state index contributed by atoms with van der Waals surface area (Å²) in [7, 11) is -3.11. The first-order valence-corrected chi connectivity index (χ1v) is 9.13. The van der Waals surface area contributed by atoms with Gasteiger partial charge in [-0.15, -0.1) is 0 Å². The third kappa shape index (κ3) is 6.72. The van der Waals surface area contributed by atoms with Gasteiger partial charge in [0, 0.05) is 25.2 Å². The Kier molecular flexibility index (Phi) is 7.38. The molecule has 0 fully saturated rings. The van der Waals surface area contributed by atoms with Gasteiger partial charge in [0.25, 0.3) is 0 Å². The lowest BCUT2D eigenvalue weighted by Crippen LogP contribution is -2.24. The van der Waals surface area contributed by atoms with E-state index in [-0.39, 0.29) is 0 Å². The largest absolute Gasteiger partial charge is 0.370 e. The minimum absolute atomic E-state index is 0.416. The van der Waals surface area contributed by atoms with Crippen LogP contribution in [0.4, 0.5) is 11.6 Å². The fourth-order valence-corrected chi connectivity index (χ4v) is 2.36. The van der Waals surface area contributed by atoms with Gasteiger partial charge in [0.05, 0.1) is 6.26 Å². The number of nitrogens with one attached hydrogen (secondary N) is 3. The Morgan fingerprint density at radius 1 is 1.05 bits per heavy atom. The Balaban J connectivity index is 2.54. The van der Waals surface area contributed by atoms with Crippen LogP contribution in [0.2, 0.25) is 0 Å². The molecule has 0 amide bonds. The molecule has 0 aromatic carbocycles. The zero-order chi connectivity index (χ0) is 15.7. The van der Waals surface area contributed by atoms with Crippen molar-refractivity contribution in [3.8, 4) is 0 Å². The highest BCUT2D eigenvalue weighted by Gasteiger charge is 2.08. The zero-order valence-electron chi connectivity index (χ0n) is 12.9. The predicted molar refractivity (Wildman–Crippen MR) is 86.1 cm³/mol. The van der Waals surface area contributed by atoms with Gasteiger partial charge < -0.3 is 10.6 Å². The first-order chi connectivity index (χ1) is 9.98. The van der Waals surface area contributed by atoms with E-state index in [4.69, 9.17) is 0 Å². The van der Waals surface area contributed by atoms with E-state index in [9.17, 15) is 8.42 Å². The van der Waals surface area contributed by atoms with Crippen molar-refractivity contribution in [3.05, 3.63) is 11.9 Å². The van der Waals surface area contributed by atoms with Gasteiger partial charge in [-0.3, -0.25) is 0 Å². The van der Waals surface area contributed by atoms with Crippen molar-refractivity contribution in [3.63, 3.8) is 0 Å². The third-order valence-corrected chi connectivity index (χ3v) is 3.58. The normalized spacial score (nSPS) is 11.4. The van der Waals surface area contributed by atoms with Gasteiger partial charge in [-0.1, -0.05) is 13.8 Å². The highest BCUT2D eigenvalue weighted by molar-refractivity contribution is 7.88. The predicted octanol–water partition coefficient (Wildman–Crippen LogP) is 1.21. The summed E-state index contributed by atoms with van der Waals surface area (Å²) in [4.78, 5) is 8.53. The molecule has 0 aliphatic heterocycles. The highest BCUT2D eigenvalue weighted by Crippen LogP contribution is 2.20. The van der Waals surface area contributed by atoms with Crippen molar-refractivity contribution in [1.82, 2.24) is 14.7 Å². The molecule has 0 atom stereocenters. The topological polar surface area (TPSA) is 96.0 Å². The number of hydrogen-bond acceptors (Lipinski definition) is 6. The molecule has 0 aliphatic carbocycles. The second kappa shape index (κ2) is 8.78. The maximum absolute atomic E-state index is 10.9. The molecule has 0 unspecified atom stereocenters. The standard InChI is InChI=1S/C13H25N5O2S/c1-4-7-14-12-11(5-2)13(17-10-16-12)15-8-6-9-18-21(3,19)20/h10,18H,4-9H2,1-3H3,(H2,14,15,16,17). The molecule has 1 rings (SSSR count). The second-order valence-corrected chi connectivity index (χ2v) is 6.61. The Hall–Kier alpha value is -1.41. The zero-order valence-corrected chi connectivity index (χ0v) is 13.8. The lowest BCUT2D eigenvalue weighted by Gasteiger charge is -2.14. The van der Waals surface area contributed by atoms with Crippen molar-refractivity contribution in [2.45, 2.75) is 33.1 Å². The highest BCUT2D eigenvalue weighted by atomic mass is 32.2. The molecular formula is C13H25N5O2S. The summed E-state index contributed by atoms with van der Waals surface area (Å²) in [5.74, 6) is 1.68. The summed E-state index contributed by atoms with van der Waals surface area (Å²) in [5, 5.41) is 6.53. The lowest BCUT2D eigenvalue weighted by atomic mass is 10.2. The molecule has 0 saturated heterocycles. The molecule has 1 heterocycles. The number of hydrogen-bond donors (Lipinski definition) is 3. The Morgan fingerprint density at radius 3 is 2.19 bits per heavy atom. The van der Waals surface area contributed by atoms with E-state index in [0.717, 1.165) is 42.8 Å². The second-order valence-electron chi connectivity index (χ2n) is 4.78.